The van der Waals surface area contributed by atoms with Crippen LogP contribution in [0.5, 0.6) is 17.2 Å². The highest BCUT2D eigenvalue weighted by Gasteiger charge is 2.18. The van der Waals surface area contributed by atoms with Crippen LogP contribution in [0.2, 0.25) is 0 Å². The van der Waals surface area contributed by atoms with Crippen LogP contribution in [0.15, 0.2) is 53.9 Å². The standard InChI is InChI=1S/C25H26N2O4S/c1-3-27(15-20-8-6-10-23-25(20)30-14-13-29-23)24(28)12-11-19-7-4-5-9-22(19)31-16-21-17-32-18(2)26-21/h4-12,17H,3,13-16H2,1-2H3/b12-11+. The molecule has 0 bridgehead atoms. The summed E-state index contributed by atoms with van der Waals surface area (Å²) in [5, 5.41) is 3.01. The van der Waals surface area contributed by atoms with Gasteiger partial charge in [-0.25, -0.2) is 4.98 Å². The number of nitrogens with zero attached hydrogens (tertiary/aromatic N) is 2. The number of amides is 1. The number of para-hydroxylation sites is 2. The van der Waals surface area contributed by atoms with E-state index in [-0.39, 0.29) is 5.91 Å². The predicted octanol–water partition coefficient (Wildman–Crippen LogP) is 4.86. The van der Waals surface area contributed by atoms with Crippen molar-refractivity contribution >= 4 is 23.3 Å². The van der Waals surface area contributed by atoms with Gasteiger partial charge in [0.2, 0.25) is 5.91 Å². The SMILES string of the molecule is CCN(Cc1cccc2c1OCCO2)C(=O)/C=C/c1ccccc1OCc1csc(C)n1. The minimum atomic E-state index is -0.0771. The first-order valence-corrected chi connectivity index (χ1v) is 11.5. The summed E-state index contributed by atoms with van der Waals surface area (Å²) < 4.78 is 17.4. The Balaban J connectivity index is 1.44. The molecular weight excluding hydrogens is 424 g/mol. The maximum Gasteiger partial charge on any atom is 0.246 e. The molecule has 0 spiro atoms. The van der Waals surface area contributed by atoms with Crippen molar-refractivity contribution in [3.8, 4) is 17.2 Å². The normalized spacial score (nSPS) is 12.7. The molecule has 6 nitrogen and oxygen atoms in total. The molecule has 166 valence electrons. The van der Waals surface area contributed by atoms with Gasteiger partial charge < -0.3 is 19.1 Å². The molecular formula is C25H26N2O4S. The molecule has 1 amide bonds. The van der Waals surface area contributed by atoms with Gasteiger partial charge in [-0.3, -0.25) is 4.79 Å². The molecule has 2 heterocycles. The topological polar surface area (TPSA) is 60.9 Å². The van der Waals surface area contributed by atoms with Crippen molar-refractivity contribution in [2.75, 3.05) is 19.8 Å². The number of aryl methyl sites for hydroxylation is 1. The van der Waals surface area contributed by atoms with Crippen molar-refractivity contribution in [1.82, 2.24) is 9.88 Å². The Hall–Kier alpha value is -3.32. The first kappa shape index (κ1) is 21.9. The molecule has 0 fully saturated rings. The fraction of sp³-hybridized carbons (Fsp3) is 0.280. The lowest BCUT2D eigenvalue weighted by atomic mass is 10.1. The van der Waals surface area contributed by atoms with Crippen LogP contribution in [0, 0.1) is 6.92 Å². The van der Waals surface area contributed by atoms with E-state index in [9.17, 15) is 4.79 Å². The third-order valence-electron chi connectivity index (χ3n) is 5.07. The van der Waals surface area contributed by atoms with Gasteiger partial charge >= 0.3 is 0 Å². The summed E-state index contributed by atoms with van der Waals surface area (Å²) in [7, 11) is 0. The quantitative estimate of drug-likeness (QED) is 0.459. The van der Waals surface area contributed by atoms with Crippen LogP contribution in [-0.4, -0.2) is 35.5 Å². The van der Waals surface area contributed by atoms with Crippen LogP contribution in [-0.2, 0) is 17.9 Å². The molecule has 0 saturated carbocycles. The average Bonchev–Trinajstić information content (AvgIpc) is 3.25. The number of hydrogen-bond donors (Lipinski definition) is 0. The fourth-order valence-corrected chi connectivity index (χ4v) is 4.05. The van der Waals surface area contributed by atoms with E-state index >= 15 is 0 Å². The third-order valence-corrected chi connectivity index (χ3v) is 5.89. The lowest BCUT2D eigenvalue weighted by Crippen LogP contribution is -2.29. The number of carbonyl (C=O) groups excluding carboxylic acids is 1. The third kappa shape index (κ3) is 5.29. The Labute approximate surface area is 192 Å². The van der Waals surface area contributed by atoms with Gasteiger partial charge in [-0.2, -0.15) is 0 Å². The van der Waals surface area contributed by atoms with Crippen molar-refractivity contribution in [3.63, 3.8) is 0 Å². The summed E-state index contributed by atoms with van der Waals surface area (Å²) in [5.41, 5.74) is 2.68. The Bertz CT molecular complexity index is 1110. The van der Waals surface area contributed by atoms with Gasteiger partial charge in [0, 0.05) is 35.7 Å². The van der Waals surface area contributed by atoms with Gasteiger partial charge in [0.05, 0.1) is 10.7 Å². The number of benzene rings is 2. The molecule has 1 aliphatic heterocycles. The molecule has 1 aliphatic rings. The number of rotatable bonds is 8. The van der Waals surface area contributed by atoms with Gasteiger partial charge in [0.25, 0.3) is 0 Å². The Morgan fingerprint density at radius 2 is 2.03 bits per heavy atom. The van der Waals surface area contributed by atoms with Crippen LogP contribution in [0.25, 0.3) is 6.08 Å². The zero-order valence-corrected chi connectivity index (χ0v) is 19.1. The maximum absolute atomic E-state index is 12.9. The first-order valence-electron chi connectivity index (χ1n) is 10.6. The van der Waals surface area contributed by atoms with Gasteiger partial charge in [0.1, 0.15) is 25.6 Å². The van der Waals surface area contributed by atoms with Gasteiger partial charge in [-0.05, 0) is 32.1 Å². The van der Waals surface area contributed by atoms with Crippen LogP contribution in [0.1, 0.15) is 28.8 Å². The molecule has 0 atom stereocenters. The lowest BCUT2D eigenvalue weighted by Gasteiger charge is -2.24. The Morgan fingerprint density at radius 1 is 1.19 bits per heavy atom. The van der Waals surface area contributed by atoms with Crippen molar-refractivity contribution in [2.24, 2.45) is 0 Å². The van der Waals surface area contributed by atoms with Gasteiger partial charge in [0.15, 0.2) is 11.5 Å². The number of carbonyl (C=O) groups is 1. The van der Waals surface area contributed by atoms with Crippen molar-refractivity contribution in [1.29, 1.82) is 0 Å². The molecule has 2 aromatic carbocycles. The molecule has 3 aromatic rings. The highest BCUT2D eigenvalue weighted by Crippen LogP contribution is 2.34. The predicted molar refractivity (Wildman–Crippen MR) is 125 cm³/mol. The van der Waals surface area contributed by atoms with Gasteiger partial charge in [-0.15, -0.1) is 11.3 Å². The summed E-state index contributed by atoms with van der Waals surface area (Å²) in [5.74, 6) is 2.10. The molecule has 0 saturated heterocycles. The summed E-state index contributed by atoms with van der Waals surface area (Å²) >= 11 is 1.60. The molecule has 7 heteroatoms. The molecule has 0 radical (unpaired) electrons. The summed E-state index contributed by atoms with van der Waals surface area (Å²) in [6, 6.07) is 13.5. The molecule has 4 rings (SSSR count). The molecule has 32 heavy (non-hydrogen) atoms. The molecule has 1 aromatic heterocycles. The largest absolute Gasteiger partial charge is 0.487 e. The zero-order valence-electron chi connectivity index (χ0n) is 18.2. The maximum atomic E-state index is 12.9. The van der Waals surface area contributed by atoms with E-state index < -0.39 is 0 Å². The molecule has 0 aliphatic carbocycles. The van der Waals surface area contributed by atoms with E-state index in [0.717, 1.165) is 33.3 Å². The van der Waals surface area contributed by atoms with Crippen LogP contribution < -0.4 is 14.2 Å². The van der Waals surface area contributed by atoms with Gasteiger partial charge in [-0.1, -0.05) is 30.3 Å². The highest BCUT2D eigenvalue weighted by molar-refractivity contribution is 7.09. The molecule has 0 N–H and O–H groups in total. The fourth-order valence-electron chi connectivity index (χ4n) is 3.45. The zero-order chi connectivity index (χ0) is 22.3. The minimum absolute atomic E-state index is 0.0771. The number of likely N-dealkylation sites (N-methyl/N-ethyl adjacent to an activating group) is 1. The lowest BCUT2D eigenvalue weighted by molar-refractivity contribution is -0.126. The second kappa shape index (κ2) is 10.3. The average molecular weight is 451 g/mol. The number of thiazole rings is 1. The summed E-state index contributed by atoms with van der Waals surface area (Å²) in [6.45, 7) is 6.42. The van der Waals surface area contributed by atoms with Crippen LogP contribution in [0.3, 0.4) is 0 Å². The van der Waals surface area contributed by atoms with Crippen LogP contribution >= 0.6 is 11.3 Å². The monoisotopic (exact) mass is 450 g/mol. The smallest absolute Gasteiger partial charge is 0.246 e. The first-order chi connectivity index (χ1) is 15.6. The van der Waals surface area contributed by atoms with Crippen molar-refractivity contribution in [3.05, 3.63) is 75.7 Å². The van der Waals surface area contributed by atoms with Crippen molar-refractivity contribution < 1.29 is 19.0 Å². The van der Waals surface area contributed by atoms with E-state index in [4.69, 9.17) is 14.2 Å². The summed E-state index contributed by atoms with van der Waals surface area (Å²) in [6.07, 6.45) is 3.39. The number of ether oxygens (including phenoxy) is 3. The molecule has 0 unspecified atom stereocenters. The minimum Gasteiger partial charge on any atom is -0.487 e. The van der Waals surface area contributed by atoms with Crippen molar-refractivity contribution in [2.45, 2.75) is 27.0 Å². The van der Waals surface area contributed by atoms with E-state index in [1.807, 2.05) is 61.7 Å². The number of hydrogen-bond acceptors (Lipinski definition) is 6. The van der Waals surface area contributed by atoms with E-state index in [1.54, 1.807) is 28.4 Å². The second-order valence-corrected chi connectivity index (χ2v) is 8.37. The second-order valence-electron chi connectivity index (χ2n) is 7.31. The Morgan fingerprint density at radius 3 is 2.84 bits per heavy atom. The van der Waals surface area contributed by atoms with Crippen LogP contribution in [0.4, 0.5) is 0 Å². The number of fused-ring (bicyclic) bond motifs is 1. The van der Waals surface area contributed by atoms with E-state index in [2.05, 4.69) is 4.98 Å². The van der Waals surface area contributed by atoms with E-state index in [1.165, 1.54) is 0 Å². The highest BCUT2D eigenvalue weighted by atomic mass is 32.1. The Kier molecular flexibility index (Phi) is 7.07. The number of aromatic nitrogens is 1. The summed E-state index contributed by atoms with van der Waals surface area (Å²) in [4.78, 5) is 19.1. The van der Waals surface area contributed by atoms with E-state index in [0.29, 0.717) is 38.7 Å².